The van der Waals surface area contributed by atoms with Crippen molar-refractivity contribution in [1.29, 1.82) is 0 Å². The standard InChI is InChI=1S/C28H22F4/c1-2-3-4-19-15-25(30)27(26(31)16-19)22-11-14-24-21(17-22)10-9-20(28(24)32)8-5-18-6-12-23(29)13-7-18/h2,6-7,9-17H,1,3-5,8H2. The van der Waals surface area contributed by atoms with Crippen molar-refractivity contribution in [3.05, 3.63) is 119 Å². The van der Waals surface area contributed by atoms with E-state index >= 15 is 4.39 Å². The number of allylic oxidation sites excluding steroid dienone is 1. The Morgan fingerprint density at radius 1 is 0.688 bits per heavy atom. The summed E-state index contributed by atoms with van der Waals surface area (Å²) < 4.78 is 57.5. The fraction of sp³-hybridized carbons (Fsp3) is 0.143. The summed E-state index contributed by atoms with van der Waals surface area (Å²) in [5, 5.41) is 0.967. The molecule has 4 aromatic carbocycles. The van der Waals surface area contributed by atoms with Crippen molar-refractivity contribution in [3.63, 3.8) is 0 Å². The first kappa shape index (κ1) is 21.8. The van der Waals surface area contributed by atoms with Crippen LogP contribution in [0.25, 0.3) is 21.9 Å². The first-order valence-corrected chi connectivity index (χ1v) is 10.5. The second kappa shape index (κ2) is 9.39. The van der Waals surface area contributed by atoms with E-state index in [-0.39, 0.29) is 17.2 Å². The molecule has 0 spiro atoms. The van der Waals surface area contributed by atoms with Gasteiger partial charge < -0.3 is 0 Å². The second-order valence-electron chi connectivity index (χ2n) is 7.86. The highest BCUT2D eigenvalue weighted by Gasteiger charge is 2.15. The minimum absolute atomic E-state index is 0.116. The predicted octanol–water partition coefficient (Wildman–Crippen LogP) is 7.97. The van der Waals surface area contributed by atoms with Crippen molar-refractivity contribution in [2.45, 2.75) is 25.7 Å². The van der Waals surface area contributed by atoms with Crippen molar-refractivity contribution in [3.8, 4) is 11.1 Å². The zero-order valence-electron chi connectivity index (χ0n) is 17.5. The molecule has 0 aliphatic carbocycles. The summed E-state index contributed by atoms with van der Waals surface area (Å²) >= 11 is 0. The van der Waals surface area contributed by atoms with E-state index in [1.54, 1.807) is 48.5 Å². The van der Waals surface area contributed by atoms with Crippen LogP contribution in [0.5, 0.6) is 0 Å². The maximum atomic E-state index is 15.1. The van der Waals surface area contributed by atoms with Crippen molar-refractivity contribution in [1.82, 2.24) is 0 Å². The van der Waals surface area contributed by atoms with Gasteiger partial charge >= 0.3 is 0 Å². The maximum absolute atomic E-state index is 15.1. The monoisotopic (exact) mass is 434 g/mol. The zero-order valence-corrected chi connectivity index (χ0v) is 17.5. The molecular formula is C28H22F4. The molecule has 0 saturated heterocycles. The molecule has 162 valence electrons. The molecule has 0 bridgehead atoms. The lowest BCUT2D eigenvalue weighted by molar-refractivity contribution is 0.586. The molecule has 4 heteroatoms. The third-order valence-corrected chi connectivity index (χ3v) is 5.66. The maximum Gasteiger partial charge on any atom is 0.134 e. The van der Waals surface area contributed by atoms with E-state index in [2.05, 4.69) is 6.58 Å². The van der Waals surface area contributed by atoms with Crippen LogP contribution in [0, 0.1) is 23.3 Å². The van der Waals surface area contributed by atoms with E-state index in [1.165, 1.54) is 24.3 Å². The molecule has 0 amide bonds. The zero-order chi connectivity index (χ0) is 22.7. The Kier molecular flexibility index (Phi) is 6.40. The number of fused-ring (bicyclic) bond motifs is 1. The Hall–Kier alpha value is -3.40. The van der Waals surface area contributed by atoms with E-state index in [1.807, 2.05) is 0 Å². The molecule has 0 aliphatic rings. The number of hydrogen-bond acceptors (Lipinski definition) is 0. The molecule has 0 radical (unpaired) electrons. The summed E-state index contributed by atoms with van der Waals surface area (Å²) in [5.74, 6) is -1.93. The van der Waals surface area contributed by atoms with Gasteiger partial charge in [0.05, 0.1) is 5.56 Å². The van der Waals surface area contributed by atoms with Gasteiger partial charge in [-0.05, 0) is 83.7 Å². The quantitative estimate of drug-likeness (QED) is 0.204. The van der Waals surface area contributed by atoms with E-state index in [0.29, 0.717) is 53.1 Å². The molecular weight excluding hydrogens is 412 g/mol. The summed E-state index contributed by atoms with van der Waals surface area (Å²) in [6.45, 7) is 3.63. The molecule has 0 heterocycles. The lowest BCUT2D eigenvalue weighted by Crippen LogP contribution is -1.97. The minimum atomic E-state index is -0.639. The fourth-order valence-corrected chi connectivity index (χ4v) is 3.93. The molecule has 0 aliphatic heterocycles. The number of halogens is 4. The topological polar surface area (TPSA) is 0 Å². The molecule has 0 atom stereocenters. The molecule has 32 heavy (non-hydrogen) atoms. The molecule has 0 N–H and O–H groups in total. The van der Waals surface area contributed by atoms with Gasteiger partial charge in [-0.3, -0.25) is 0 Å². The molecule has 4 aromatic rings. The third kappa shape index (κ3) is 4.59. The summed E-state index contributed by atoms with van der Waals surface area (Å²) in [6.07, 6.45) is 3.90. The fourth-order valence-electron chi connectivity index (χ4n) is 3.93. The Labute approximate surface area is 184 Å². The largest absolute Gasteiger partial charge is 0.207 e. The normalized spacial score (nSPS) is 11.1. The van der Waals surface area contributed by atoms with E-state index < -0.39 is 11.6 Å². The molecule has 0 unspecified atom stereocenters. The Bertz CT molecular complexity index is 1250. The Morgan fingerprint density at radius 3 is 2.09 bits per heavy atom. The summed E-state index contributed by atoms with van der Waals surface area (Å²) in [4.78, 5) is 0. The smallest absolute Gasteiger partial charge is 0.134 e. The number of benzene rings is 4. The van der Waals surface area contributed by atoms with Crippen LogP contribution in [0.1, 0.15) is 23.1 Å². The van der Waals surface area contributed by atoms with Crippen LogP contribution in [0.15, 0.2) is 79.4 Å². The first-order chi connectivity index (χ1) is 15.5. The van der Waals surface area contributed by atoms with Crippen LogP contribution in [0.2, 0.25) is 0 Å². The van der Waals surface area contributed by atoms with Crippen molar-refractivity contribution in [2.24, 2.45) is 0 Å². The van der Waals surface area contributed by atoms with Gasteiger partial charge in [-0.2, -0.15) is 0 Å². The van der Waals surface area contributed by atoms with Crippen molar-refractivity contribution in [2.75, 3.05) is 0 Å². The van der Waals surface area contributed by atoms with E-state index in [9.17, 15) is 13.2 Å². The molecule has 0 fully saturated rings. The second-order valence-corrected chi connectivity index (χ2v) is 7.86. The Morgan fingerprint density at radius 2 is 1.41 bits per heavy atom. The average Bonchev–Trinajstić information content (AvgIpc) is 2.78. The van der Waals surface area contributed by atoms with Gasteiger partial charge in [0.1, 0.15) is 23.3 Å². The van der Waals surface area contributed by atoms with E-state index in [4.69, 9.17) is 0 Å². The van der Waals surface area contributed by atoms with Crippen molar-refractivity contribution >= 4 is 10.8 Å². The van der Waals surface area contributed by atoms with Gasteiger partial charge in [0.15, 0.2) is 0 Å². The first-order valence-electron chi connectivity index (χ1n) is 10.5. The van der Waals surface area contributed by atoms with Gasteiger partial charge in [0.25, 0.3) is 0 Å². The average molecular weight is 434 g/mol. The summed E-state index contributed by atoms with van der Waals surface area (Å²) in [6, 6.07) is 17.0. The van der Waals surface area contributed by atoms with Crippen LogP contribution >= 0.6 is 0 Å². The van der Waals surface area contributed by atoms with Gasteiger partial charge in [0, 0.05) is 5.39 Å². The van der Waals surface area contributed by atoms with Gasteiger partial charge in [-0.25, -0.2) is 17.6 Å². The summed E-state index contributed by atoms with van der Waals surface area (Å²) in [7, 11) is 0. The molecule has 0 aromatic heterocycles. The molecule has 4 rings (SSSR count). The van der Waals surface area contributed by atoms with Crippen LogP contribution in [0.3, 0.4) is 0 Å². The number of rotatable bonds is 7. The van der Waals surface area contributed by atoms with Crippen LogP contribution in [0.4, 0.5) is 17.6 Å². The lowest BCUT2D eigenvalue weighted by Gasteiger charge is -2.11. The van der Waals surface area contributed by atoms with Gasteiger partial charge in [-0.1, -0.05) is 42.5 Å². The number of aryl methyl sites for hydroxylation is 3. The van der Waals surface area contributed by atoms with Gasteiger partial charge in [-0.15, -0.1) is 6.58 Å². The molecule has 0 saturated carbocycles. The van der Waals surface area contributed by atoms with Crippen molar-refractivity contribution < 1.29 is 17.6 Å². The highest BCUT2D eigenvalue weighted by atomic mass is 19.1. The summed E-state index contributed by atoms with van der Waals surface area (Å²) in [5.41, 5.74) is 2.28. The number of hydrogen-bond donors (Lipinski definition) is 0. The predicted molar refractivity (Wildman–Crippen MR) is 122 cm³/mol. The highest BCUT2D eigenvalue weighted by molar-refractivity contribution is 5.88. The Balaban J connectivity index is 1.62. The van der Waals surface area contributed by atoms with Crippen LogP contribution < -0.4 is 0 Å². The van der Waals surface area contributed by atoms with Gasteiger partial charge in [0.2, 0.25) is 0 Å². The lowest BCUT2D eigenvalue weighted by atomic mass is 9.96. The third-order valence-electron chi connectivity index (χ3n) is 5.66. The minimum Gasteiger partial charge on any atom is -0.207 e. The van der Waals surface area contributed by atoms with E-state index in [0.717, 1.165) is 5.56 Å². The van der Waals surface area contributed by atoms with Crippen LogP contribution in [-0.4, -0.2) is 0 Å². The van der Waals surface area contributed by atoms with Crippen LogP contribution in [-0.2, 0) is 19.3 Å². The highest BCUT2D eigenvalue weighted by Crippen LogP contribution is 2.32. The SMILES string of the molecule is C=CCCc1cc(F)c(-c2ccc3c(F)c(CCc4ccc(F)cc4)ccc3c2)c(F)c1. The molecule has 0 nitrogen and oxygen atoms in total.